The highest BCUT2D eigenvalue weighted by molar-refractivity contribution is 7.96. The van der Waals surface area contributed by atoms with Gasteiger partial charge in [0, 0.05) is 6.61 Å². The standard InChI is InChI=1S/C6H10F2O6S/c7-6(8,15-14-13-11)5(10)12-4-2-1-3-9/h9,11H,1-4H2. The molecule has 0 amide bonds. The molecule has 0 bridgehead atoms. The molecule has 0 aromatic heterocycles. The highest BCUT2D eigenvalue weighted by atomic mass is 32.2. The first-order valence-corrected chi connectivity index (χ1v) is 4.60. The molecule has 6 nitrogen and oxygen atoms in total. The number of hydrogen-bond acceptors (Lipinski definition) is 7. The summed E-state index contributed by atoms with van der Waals surface area (Å²) in [6.45, 7) is -0.334. The lowest BCUT2D eigenvalue weighted by Crippen LogP contribution is -2.27. The van der Waals surface area contributed by atoms with Crippen LogP contribution in [0.25, 0.3) is 0 Å². The fourth-order valence-electron chi connectivity index (χ4n) is 0.555. The molecule has 0 unspecified atom stereocenters. The summed E-state index contributed by atoms with van der Waals surface area (Å²) >= 11 is -0.679. The second-order valence-electron chi connectivity index (χ2n) is 2.31. The summed E-state index contributed by atoms with van der Waals surface area (Å²) < 4.78 is 32.9. The molecule has 0 saturated heterocycles. The largest absolute Gasteiger partial charge is 0.460 e. The van der Waals surface area contributed by atoms with Crippen molar-refractivity contribution in [1.29, 1.82) is 0 Å². The van der Waals surface area contributed by atoms with Gasteiger partial charge in [-0.25, -0.2) is 10.1 Å². The maximum atomic E-state index is 12.6. The van der Waals surface area contributed by atoms with Crippen LogP contribution in [0.1, 0.15) is 12.8 Å². The molecule has 0 aromatic carbocycles. The van der Waals surface area contributed by atoms with Crippen molar-refractivity contribution in [3.8, 4) is 0 Å². The Morgan fingerprint density at radius 2 is 2.07 bits per heavy atom. The molecule has 0 aliphatic carbocycles. The highest BCUT2D eigenvalue weighted by Crippen LogP contribution is 2.31. The second-order valence-corrected chi connectivity index (χ2v) is 3.12. The monoisotopic (exact) mass is 248 g/mol. The molecule has 90 valence electrons. The van der Waals surface area contributed by atoms with Gasteiger partial charge >= 0.3 is 11.2 Å². The third-order valence-corrected chi connectivity index (χ3v) is 1.70. The molecule has 0 aliphatic heterocycles. The summed E-state index contributed by atoms with van der Waals surface area (Å²) in [7, 11) is 0. The number of carbonyl (C=O) groups excluding carboxylic acids is 1. The number of esters is 1. The van der Waals surface area contributed by atoms with Gasteiger partial charge in [-0.2, -0.15) is 8.78 Å². The molecular weight excluding hydrogens is 238 g/mol. The van der Waals surface area contributed by atoms with Crippen LogP contribution in [-0.2, 0) is 18.9 Å². The van der Waals surface area contributed by atoms with Gasteiger partial charge in [0.25, 0.3) is 0 Å². The van der Waals surface area contributed by atoms with Crippen LogP contribution in [0, 0.1) is 0 Å². The van der Waals surface area contributed by atoms with E-state index < -0.39 is 23.3 Å². The lowest BCUT2D eigenvalue weighted by Gasteiger charge is -2.11. The van der Waals surface area contributed by atoms with E-state index in [0.717, 1.165) is 0 Å². The second kappa shape index (κ2) is 7.77. The first kappa shape index (κ1) is 14.5. The van der Waals surface area contributed by atoms with Gasteiger partial charge in [-0.15, -0.1) is 4.33 Å². The molecule has 15 heavy (non-hydrogen) atoms. The van der Waals surface area contributed by atoms with Crippen LogP contribution in [0.3, 0.4) is 0 Å². The fraction of sp³-hybridized carbons (Fsp3) is 0.833. The lowest BCUT2D eigenvalue weighted by atomic mass is 10.3. The van der Waals surface area contributed by atoms with Crippen molar-refractivity contribution in [2.75, 3.05) is 13.2 Å². The van der Waals surface area contributed by atoms with Crippen LogP contribution in [0.4, 0.5) is 8.78 Å². The van der Waals surface area contributed by atoms with Crippen LogP contribution >= 0.6 is 12.0 Å². The van der Waals surface area contributed by atoms with E-state index in [0.29, 0.717) is 6.42 Å². The van der Waals surface area contributed by atoms with Crippen molar-refractivity contribution < 1.29 is 38.0 Å². The quantitative estimate of drug-likeness (QED) is 0.217. The van der Waals surface area contributed by atoms with Gasteiger partial charge in [0.05, 0.1) is 6.61 Å². The summed E-state index contributed by atoms with van der Waals surface area (Å²) in [5.41, 5.74) is 0. The lowest BCUT2D eigenvalue weighted by molar-refractivity contribution is -0.433. The first-order valence-electron chi connectivity index (χ1n) is 3.86. The predicted molar refractivity (Wildman–Crippen MR) is 44.6 cm³/mol. The summed E-state index contributed by atoms with van der Waals surface area (Å²) in [5, 5.41) is 14.9. The van der Waals surface area contributed by atoms with Crippen molar-refractivity contribution in [2.24, 2.45) is 0 Å². The molecule has 0 radical (unpaired) electrons. The number of aliphatic hydroxyl groups is 1. The summed E-state index contributed by atoms with van der Waals surface area (Å²) in [6, 6.07) is 0. The normalized spacial score (nSPS) is 11.5. The molecule has 0 spiro atoms. The minimum atomic E-state index is -3.96. The average Bonchev–Trinajstić information content (AvgIpc) is 2.21. The minimum Gasteiger partial charge on any atom is -0.460 e. The molecule has 2 N–H and O–H groups in total. The molecule has 0 aromatic rings. The molecule has 0 atom stereocenters. The van der Waals surface area contributed by atoms with E-state index in [1.54, 1.807) is 0 Å². The van der Waals surface area contributed by atoms with Crippen LogP contribution in [0.2, 0.25) is 0 Å². The summed E-state index contributed by atoms with van der Waals surface area (Å²) in [5.74, 6) is -1.80. The predicted octanol–water partition coefficient (Wildman–Crippen LogP) is 0.964. The van der Waals surface area contributed by atoms with Gasteiger partial charge in [0.2, 0.25) is 0 Å². The Hall–Kier alpha value is -0.480. The highest BCUT2D eigenvalue weighted by Gasteiger charge is 2.43. The van der Waals surface area contributed by atoms with Crippen molar-refractivity contribution >= 4 is 18.0 Å². The fourth-order valence-corrected chi connectivity index (χ4v) is 0.798. The van der Waals surface area contributed by atoms with Gasteiger partial charge in [-0.1, -0.05) is 5.04 Å². The summed E-state index contributed by atoms with van der Waals surface area (Å²) in [4.78, 5) is 10.7. The van der Waals surface area contributed by atoms with E-state index in [9.17, 15) is 13.6 Å². The van der Waals surface area contributed by atoms with Crippen LogP contribution < -0.4 is 0 Å². The molecule has 0 saturated carbocycles. The van der Waals surface area contributed by atoms with E-state index in [1.807, 2.05) is 0 Å². The number of carbonyl (C=O) groups is 1. The van der Waals surface area contributed by atoms with Gasteiger partial charge in [-0.3, -0.25) is 0 Å². The number of alkyl halides is 2. The van der Waals surface area contributed by atoms with Crippen LogP contribution in [0.15, 0.2) is 0 Å². The minimum absolute atomic E-state index is 0.107. The number of rotatable bonds is 8. The molecule has 0 aliphatic rings. The van der Waals surface area contributed by atoms with E-state index in [1.165, 1.54) is 0 Å². The number of aliphatic hydroxyl groups excluding tert-OH is 1. The Bertz CT molecular complexity index is 190. The van der Waals surface area contributed by atoms with E-state index in [2.05, 4.69) is 14.1 Å². The van der Waals surface area contributed by atoms with Crippen LogP contribution in [-0.4, -0.2) is 34.8 Å². The van der Waals surface area contributed by atoms with Crippen molar-refractivity contribution in [2.45, 2.75) is 18.1 Å². The Labute approximate surface area is 88.2 Å². The Morgan fingerprint density at radius 1 is 1.40 bits per heavy atom. The first-order chi connectivity index (χ1) is 7.04. The van der Waals surface area contributed by atoms with Crippen molar-refractivity contribution in [3.63, 3.8) is 0 Å². The SMILES string of the molecule is O=C(OCCCCO)C(F)(F)SOOO. The number of halogens is 2. The molecule has 0 rings (SSSR count). The molecule has 9 heteroatoms. The van der Waals surface area contributed by atoms with Gasteiger partial charge in [0.1, 0.15) is 12.0 Å². The third-order valence-electron chi connectivity index (χ3n) is 1.19. The Kier molecular flexibility index (Phi) is 7.52. The Morgan fingerprint density at radius 3 is 2.60 bits per heavy atom. The summed E-state index contributed by atoms with van der Waals surface area (Å²) in [6.07, 6.45) is 0.628. The Balaban J connectivity index is 3.75. The van der Waals surface area contributed by atoms with E-state index in [-0.39, 0.29) is 19.6 Å². The molecule has 0 heterocycles. The molecule has 0 fully saturated rings. The average molecular weight is 248 g/mol. The maximum Gasteiger partial charge on any atom is 0.415 e. The van der Waals surface area contributed by atoms with Crippen LogP contribution in [0.5, 0.6) is 0 Å². The van der Waals surface area contributed by atoms with E-state index in [4.69, 9.17) is 10.4 Å². The van der Waals surface area contributed by atoms with Gasteiger partial charge in [0.15, 0.2) is 0 Å². The smallest absolute Gasteiger partial charge is 0.415 e. The van der Waals surface area contributed by atoms with Crippen molar-refractivity contribution in [1.82, 2.24) is 0 Å². The number of unbranched alkanes of at least 4 members (excludes halogenated alkanes) is 1. The number of ether oxygens (including phenoxy) is 1. The van der Waals surface area contributed by atoms with Gasteiger partial charge < -0.3 is 9.84 Å². The topological polar surface area (TPSA) is 85.2 Å². The zero-order valence-corrected chi connectivity index (χ0v) is 8.34. The van der Waals surface area contributed by atoms with Crippen molar-refractivity contribution in [3.05, 3.63) is 0 Å². The molecular formula is C6H10F2O6S. The third kappa shape index (κ3) is 6.57. The van der Waals surface area contributed by atoms with E-state index >= 15 is 0 Å². The zero-order valence-electron chi connectivity index (χ0n) is 7.52. The van der Waals surface area contributed by atoms with Gasteiger partial charge in [-0.05, 0) is 12.8 Å². The maximum absolute atomic E-state index is 12.6. The zero-order chi connectivity index (χ0) is 11.7. The number of hydrogen-bond donors (Lipinski definition) is 2.